The standard InChI is InChI=1S/C29H38N4O3/c34-21-26(27(35)30-18-9-12-22-10-3-1-4-11-22)33-29(16-7-2-8-17-29)28(36)31-19-15-23-20-32-25-14-6-5-13-24(23)25/h1,3-6,10-11,13-14,20,26,32-34H,2,7-9,12,15-19,21H2,(H,30,35)(H,31,36)/t26-/m0/s1. The molecule has 2 aromatic carbocycles. The Kier molecular flexibility index (Phi) is 9.14. The number of rotatable bonds is 12. The fourth-order valence-corrected chi connectivity index (χ4v) is 5.21. The lowest BCUT2D eigenvalue weighted by Gasteiger charge is -2.39. The molecule has 2 amide bonds. The largest absolute Gasteiger partial charge is 0.394 e. The molecule has 7 nitrogen and oxygen atoms in total. The smallest absolute Gasteiger partial charge is 0.240 e. The van der Waals surface area contributed by atoms with Crippen molar-refractivity contribution in [3.8, 4) is 0 Å². The zero-order valence-electron chi connectivity index (χ0n) is 20.9. The summed E-state index contributed by atoms with van der Waals surface area (Å²) in [5, 5.41) is 20.5. The molecule has 36 heavy (non-hydrogen) atoms. The van der Waals surface area contributed by atoms with Crippen LogP contribution in [0.1, 0.15) is 49.7 Å². The SMILES string of the molecule is O=C(NCCCc1ccccc1)[C@H](CO)NC1(C(=O)NCCc2c[nH]c3ccccc23)CCCCC1. The Hall–Kier alpha value is -3.16. The first-order valence-corrected chi connectivity index (χ1v) is 13.1. The number of hydrogen-bond donors (Lipinski definition) is 5. The summed E-state index contributed by atoms with van der Waals surface area (Å²) in [5.41, 5.74) is 2.64. The number of H-pyrrole nitrogens is 1. The van der Waals surface area contributed by atoms with E-state index >= 15 is 0 Å². The molecule has 0 spiro atoms. The van der Waals surface area contributed by atoms with E-state index < -0.39 is 11.6 Å². The van der Waals surface area contributed by atoms with Crippen LogP contribution in [0.3, 0.4) is 0 Å². The first kappa shape index (κ1) is 25.9. The van der Waals surface area contributed by atoms with Crippen molar-refractivity contribution in [3.05, 3.63) is 71.9 Å². The molecule has 1 aliphatic rings. The molecular formula is C29H38N4O3. The number of aromatic amines is 1. The van der Waals surface area contributed by atoms with E-state index in [1.54, 1.807) is 0 Å². The van der Waals surface area contributed by atoms with Crippen LogP contribution in [0.15, 0.2) is 60.8 Å². The molecule has 0 aliphatic heterocycles. The van der Waals surface area contributed by atoms with Gasteiger partial charge >= 0.3 is 0 Å². The number of benzene rings is 2. The second-order valence-corrected chi connectivity index (χ2v) is 9.77. The summed E-state index contributed by atoms with van der Waals surface area (Å²) in [4.78, 5) is 29.5. The number of aryl methyl sites for hydroxylation is 1. The van der Waals surface area contributed by atoms with Crippen LogP contribution in [0.25, 0.3) is 10.9 Å². The van der Waals surface area contributed by atoms with Crippen molar-refractivity contribution in [2.75, 3.05) is 19.7 Å². The maximum absolute atomic E-state index is 13.4. The molecule has 4 rings (SSSR count). The summed E-state index contributed by atoms with van der Waals surface area (Å²) < 4.78 is 0. The molecule has 1 aliphatic carbocycles. The monoisotopic (exact) mass is 490 g/mol. The Labute approximate surface area is 213 Å². The Balaban J connectivity index is 1.30. The van der Waals surface area contributed by atoms with Gasteiger partial charge in [-0.1, -0.05) is 67.8 Å². The number of aliphatic hydroxyl groups excluding tert-OH is 1. The van der Waals surface area contributed by atoms with Gasteiger partial charge in [0, 0.05) is 30.2 Å². The summed E-state index contributed by atoms with van der Waals surface area (Å²) >= 11 is 0. The minimum atomic E-state index is -0.840. The van der Waals surface area contributed by atoms with Crippen molar-refractivity contribution in [2.45, 2.75) is 62.9 Å². The van der Waals surface area contributed by atoms with E-state index in [0.717, 1.165) is 44.0 Å². The summed E-state index contributed by atoms with van der Waals surface area (Å²) in [6.07, 6.45) is 8.62. The second kappa shape index (κ2) is 12.7. The lowest BCUT2D eigenvalue weighted by Crippen LogP contribution is -2.64. The van der Waals surface area contributed by atoms with Crippen molar-refractivity contribution in [1.29, 1.82) is 0 Å². The van der Waals surface area contributed by atoms with E-state index in [1.165, 1.54) is 16.5 Å². The predicted molar refractivity (Wildman–Crippen MR) is 143 cm³/mol. The van der Waals surface area contributed by atoms with Gasteiger partial charge in [0.2, 0.25) is 11.8 Å². The highest BCUT2D eigenvalue weighted by Crippen LogP contribution is 2.29. The molecule has 192 valence electrons. The molecule has 0 saturated heterocycles. The predicted octanol–water partition coefficient (Wildman–Crippen LogP) is 3.23. The van der Waals surface area contributed by atoms with Gasteiger partial charge in [0.1, 0.15) is 6.04 Å². The highest BCUT2D eigenvalue weighted by molar-refractivity contribution is 5.89. The fourth-order valence-electron chi connectivity index (χ4n) is 5.21. The highest BCUT2D eigenvalue weighted by atomic mass is 16.3. The van der Waals surface area contributed by atoms with Gasteiger partial charge in [-0.05, 0) is 49.3 Å². The van der Waals surface area contributed by atoms with Gasteiger partial charge in [0.05, 0.1) is 12.1 Å². The third-order valence-electron chi connectivity index (χ3n) is 7.23. The summed E-state index contributed by atoms with van der Waals surface area (Å²) in [6.45, 7) is 0.685. The summed E-state index contributed by atoms with van der Waals surface area (Å²) in [6, 6.07) is 17.5. The number of carbonyl (C=O) groups is 2. The lowest BCUT2D eigenvalue weighted by atomic mass is 9.80. The van der Waals surface area contributed by atoms with Gasteiger partial charge in [-0.15, -0.1) is 0 Å². The normalized spacial score (nSPS) is 15.9. The molecule has 1 heterocycles. The topological polar surface area (TPSA) is 106 Å². The number of hydrogen-bond acceptors (Lipinski definition) is 4. The molecule has 3 aromatic rings. The molecule has 5 N–H and O–H groups in total. The average Bonchev–Trinajstić information content (AvgIpc) is 3.33. The third kappa shape index (κ3) is 6.53. The first-order chi connectivity index (χ1) is 17.6. The minimum absolute atomic E-state index is 0.0858. The number of aliphatic hydroxyl groups is 1. The van der Waals surface area contributed by atoms with Crippen LogP contribution < -0.4 is 16.0 Å². The number of nitrogens with one attached hydrogen (secondary N) is 4. The quantitative estimate of drug-likeness (QED) is 0.251. The van der Waals surface area contributed by atoms with Crippen LogP contribution in [0, 0.1) is 0 Å². The van der Waals surface area contributed by atoms with Gasteiger partial charge in [-0.3, -0.25) is 14.9 Å². The Morgan fingerprint density at radius 1 is 0.917 bits per heavy atom. The zero-order valence-corrected chi connectivity index (χ0v) is 20.9. The average molecular weight is 491 g/mol. The summed E-state index contributed by atoms with van der Waals surface area (Å²) in [7, 11) is 0. The third-order valence-corrected chi connectivity index (χ3v) is 7.23. The van der Waals surface area contributed by atoms with Crippen molar-refractivity contribution in [2.24, 2.45) is 0 Å². The number of carbonyl (C=O) groups excluding carboxylic acids is 2. The van der Waals surface area contributed by atoms with E-state index in [9.17, 15) is 14.7 Å². The van der Waals surface area contributed by atoms with Crippen LogP contribution in [-0.4, -0.2) is 53.2 Å². The first-order valence-electron chi connectivity index (χ1n) is 13.1. The molecule has 0 bridgehead atoms. The Bertz CT molecular complexity index is 1120. The van der Waals surface area contributed by atoms with Crippen molar-refractivity contribution in [3.63, 3.8) is 0 Å². The minimum Gasteiger partial charge on any atom is -0.394 e. The van der Waals surface area contributed by atoms with E-state index in [2.05, 4.69) is 39.1 Å². The van der Waals surface area contributed by atoms with Crippen LogP contribution >= 0.6 is 0 Å². The van der Waals surface area contributed by atoms with Crippen molar-refractivity contribution < 1.29 is 14.7 Å². The van der Waals surface area contributed by atoms with Crippen LogP contribution in [-0.2, 0) is 22.4 Å². The number of aromatic nitrogens is 1. The van der Waals surface area contributed by atoms with Gasteiger partial charge in [-0.2, -0.15) is 0 Å². The number of amides is 2. The number of fused-ring (bicyclic) bond motifs is 1. The van der Waals surface area contributed by atoms with Crippen molar-refractivity contribution in [1.82, 2.24) is 20.9 Å². The molecule has 1 fully saturated rings. The van der Waals surface area contributed by atoms with E-state index in [1.807, 2.05) is 42.6 Å². The van der Waals surface area contributed by atoms with Crippen LogP contribution in [0.5, 0.6) is 0 Å². The fraction of sp³-hybridized carbons (Fsp3) is 0.448. The van der Waals surface area contributed by atoms with Crippen LogP contribution in [0.4, 0.5) is 0 Å². The van der Waals surface area contributed by atoms with Gasteiger partial charge < -0.3 is 20.7 Å². The summed E-state index contributed by atoms with van der Waals surface area (Å²) in [5.74, 6) is -0.348. The Morgan fingerprint density at radius 3 is 2.44 bits per heavy atom. The van der Waals surface area contributed by atoms with Gasteiger partial charge in [-0.25, -0.2) is 0 Å². The van der Waals surface area contributed by atoms with Crippen LogP contribution in [0.2, 0.25) is 0 Å². The Morgan fingerprint density at radius 2 is 1.67 bits per heavy atom. The molecule has 1 aromatic heterocycles. The zero-order chi connectivity index (χ0) is 25.2. The van der Waals surface area contributed by atoms with Crippen molar-refractivity contribution >= 4 is 22.7 Å². The van der Waals surface area contributed by atoms with Gasteiger partial charge in [0.15, 0.2) is 0 Å². The molecule has 1 atom stereocenters. The lowest BCUT2D eigenvalue weighted by molar-refractivity contribution is -0.131. The molecule has 0 radical (unpaired) electrons. The highest BCUT2D eigenvalue weighted by Gasteiger charge is 2.42. The molecule has 0 unspecified atom stereocenters. The maximum atomic E-state index is 13.4. The van der Waals surface area contributed by atoms with Gasteiger partial charge in [0.25, 0.3) is 0 Å². The van der Waals surface area contributed by atoms with E-state index in [4.69, 9.17) is 0 Å². The second-order valence-electron chi connectivity index (χ2n) is 9.77. The molecule has 7 heteroatoms. The maximum Gasteiger partial charge on any atom is 0.240 e. The number of para-hydroxylation sites is 1. The van der Waals surface area contributed by atoms with E-state index in [-0.39, 0.29) is 18.4 Å². The molecular weight excluding hydrogens is 452 g/mol. The van der Waals surface area contributed by atoms with E-state index in [0.29, 0.717) is 25.9 Å². The molecule has 1 saturated carbocycles.